The first kappa shape index (κ1) is 42.7. The van der Waals surface area contributed by atoms with Gasteiger partial charge in [0.15, 0.2) is 6.29 Å². The lowest BCUT2D eigenvalue weighted by atomic mass is 9.78. The fraction of sp³-hybridized carbons (Fsp3) is 0.889. The molecular weight excluding hydrogens is 646 g/mol. The van der Waals surface area contributed by atoms with Crippen LogP contribution < -0.4 is 5.32 Å². The predicted molar refractivity (Wildman–Crippen MR) is 189 cm³/mol. The van der Waals surface area contributed by atoms with E-state index in [-0.39, 0.29) is 30.9 Å². The van der Waals surface area contributed by atoms with E-state index in [1.807, 2.05) is 39.8 Å². The SMILES string of the molecule is CC[C@@H]1OC(=O)[C@H](C)[C@@H](O)[C@H](C)[C@@H](O[C@@H]2O[C@H](C)C[C@H](N(C)C)[C@H]2O)[C@](C)(O)C[C@@H](C)CN(CCCNCc2ncc[nH]2)[C@@H](C)[C@@H](O)[C@]1(C)O. The van der Waals surface area contributed by atoms with Crippen molar-refractivity contribution in [2.24, 2.45) is 17.8 Å². The zero-order valence-electron chi connectivity index (χ0n) is 32.0. The van der Waals surface area contributed by atoms with Crippen LogP contribution in [-0.2, 0) is 25.5 Å². The summed E-state index contributed by atoms with van der Waals surface area (Å²) >= 11 is 0. The Bertz CT molecular complexity index is 1160. The van der Waals surface area contributed by atoms with Gasteiger partial charge in [-0.15, -0.1) is 0 Å². The Morgan fingerprint density at radius 2 is 1.80 bits per heavy atom. The third-order valence-electron chi connectivity index (χ3n) is 10.9. The van der Waals surface area contributed by atoms with Gasteiger partial charge < -0.3 is 54.9 Å². The number of rotatable bonds is 10. The molecule has 0 unspecified atom stereocenters. The largest absolute Gasteiger partial charge is 0.459 e. The quantitative estimate of drug-likeness (QED) is 0.136. The zero-order chi connectivity index (χ0) is 37.6. The highest BCUT2D eigenvalue weighted by molar-refractivity contribution is 5.73. The van der Waals surface area contributed by atoms with Crippen LogP contribution >= 0.6 is 0 Å². The van der Waals surface area contributed by atoms with Crippen molar-refractivity contribution in [3.05, 3.63) is 18.2 Å². The molecule has 3 rings (SSSR count). The summed E-state index contributed by atoms with van der Waals surface area (Å²) in [5.41, 5.74) is -3.35. The second-order valence-electron chi connectivity index (χ2n) is 15.7. The minimum atomic E-state index is -1.80. The van der Waals surface area contributed by atoms with Crippen LogP contribution in [0.2, 0.25) is 0 Å². The van der Waals surface area contributed by atoms with E-state index in [0.717, 1.165) is 12.2 Å². The van der Waals surface area contributed by atoms with E-state index < -0.39 is 71.9 Å². The number of nitrogens with zero attached hydrogens (tertiary/aromatic N) is 3. The number of esters is 1. The molecule has 1 aromatic heterocycles. The number of hydrogen-bond acceptors (Lipinski definition) is 13. The third-order valence-corrected chi connectivity index (χ3v) is 10.9. The molecule has 0 spiro atoms. The molecule has 2 aliphatic heterocycles. The lowest BCUT2D eigenvalue weighted by Gasteiger charge is -2.46. The van der Waals surface area contributed by atoms with Crippen LogP contribution in [0, 0.1) is 17.8 Å². The van der Waals surface area contributed by atoms with Gasteiger partial charge in [-0.2, -0.15) is 0 Å². The molecule has 14 atom stereocenters. The highest BCUT2D eigenvalue weighted by Crippen LogP contribution is 2.36. The fourth-order valence-corrected chi connectivity index (χ4v) is 7.91. The van der Waals surface area contributed by atoms with Gasteiger partial charge in [0, 0.05) is 36.9 Å². The van der Waals surface area contributed by atoms with Crippen molar-refractivity contribution in [1.29, 1.82) is 0 Å². The molecular formula is C36H67N5O9. The minimum Gasteiger partial charge on any atom is -0.459 e. The van der Waals surface area contributed by atoms with Crippen molar-refractivity contribution in [1.82, 2.24) is 25.1 Å². The van der Waals surface area contributed by atoms with Crippen LogP contribution in [0.5, 0.6) is 0 Å². The number of imidazole rings is 1. The Labute approximate surface area is 298 Å². The summed E-state index contributed by atoms with van der Waals surface area (Å²) in [5.74, 6) is -1.93. The molecule has 0 bridgehead atoms. The number of cyclic esters (lactones) is 1. The molecule has 1 aromatic rings. The van der Waals surface area contributed by atoms with Gasteiger partial charge in [-0.25, -0.2) is 4.98 Å². The van der Waals surface area contributed by atoms with Gasteiger partial charge in [0.25, 0.3) is 0 Å². The Morgan fingerprint density at radius 3 is 2.40 bits per heavy atom. The van der Waals surface area contributed by atoms with Gasteiger partial charge in [0.1, 0.15) is 29.7 Å². The number of aliphatic hydroxyl groups is 5. The number of carbonyl (C=O) groups is 1. The third kappa shape index (κ3) is 10.7. The highest BCUT2D eigenvalue weighted by Gasteiger charge is 2.50. The van der Waals surface area contributed by atoms with Crippen LogP contribution in [0.3, 0.4) is 0 Å². The van der Waals surface area contributed by atoms with E-state index in [9.17, 15) is 30.3 Å². The van der Waals surface area contributed by atoms with Crippen molar-refractivity contribution >= 4 is 5.97 Å². The van der Waals surface area contributed by atoms with Gasteiger partial charge in [0.05, 0.1) is 36.4 Å². The van der Waals surface area contributed by atoms with Crippen LogP contribution in [0.1, 0.15) is 86.9 Å². The number of aromatic nitrogens is 2. The van der Waals surface area contributed by atoms with Crippen LogP contribution in [0.15, 0.2) is 12.4 Å². The number of H-pyrrole nitrogens is 1. The van der Waals surface area contributed by atoms with E-state index >= 15 is 0 Å². The van der Waals surface area contributed by atoms with Crippen molar-refractivity contribution in [2.75, 3.05) is 33.7 Å². The maximum atomic E-state index is 13.6. The Kier molecular flexibility index (Phi) is 15.7. The van der Waals surface area contributed by atoms with Gasteiger partial charge in [-0.3, -0.25) is 9.69 Å². The lowest BCUT2D eigenvalue weighted by Crippen LogP contribution is -2.59. The molecule has 0 aliphatic carbocycles. The van der Waals surface area contributed by atoms with Crippen molar-refractivity contribution in [2.45, 2.75) is 154 Å². The molecule has 3 heterocycles. The molecule has 0 radical (unpaired) electrons. The summed E-state index contributed by atoms with van der Waals surface area (Å²) in [6, 6.07) is -0.803. The number of likely N-dealkylation sites (N-methyl/N-ethyl adjacent to an activating group) is 1. The Morgan fingerprint density at radius 1 is 1.12 bits per heavy atom. The first-order valence-electron chi connectivity index (χ1n) is 18.4. The number of nitrogens with one attached hydrogen (secondary N) is 2. The summed E-state index contributed by atoms with van der Waals surface area (Å²) in [4.78, 5) is 24.9. The van der Waals surface area contributed by atoms with E-state index in [0.29, 0.717) is 32.6 Å². The number of carbonyl (C=O) groups excluding carboxylic acids is 1. The smallest absolute Gasteiger partial charge is 0.311 e. The minimum absolute atomic E-state index is 0.149. The number of hydrogen-bond donors (Lipinski definition) is 7. The molecule has 2 fully saturated rings. The number of aromatic amines is 1. The van der Waals surface area contributed by atoms with Crippen LogP contribution in [-0.4, -0.2) is 151 Å². The summed E-state index contributed by atoms with van der Waals surface area (Å²) in [5, 5.41) is 62.0. The lowest BCUT2D eigenvalue weighted by molar-refractivity contribution is -0.299. The van der Waals surface area contributed by atoms with E-state index in [1.54, 1.807) is 33.2 Å². The summed E-state index contributed by atoms with van der Waals surface area (Å²) in [7, 11) is 3.76. The summed E-state index contributed by atoms with van der Waals surface area (Å²) in [6.07, 6.45) is -1.81. The van der Waals surface area contributed by atoms with Crippen LogP contribution in [0.4, 0.5) is 0 Å². The summed E-state index contributed by atoms with van der Waals surface area (Å²) in [6.45, 7) is 16.2. The van der Waals surface area contributed by atoms with Gasteiger partial charge in [-0.05, 0) is 93.4 Å². The molecule has 2 saturated heterocycles. The van der Waals surface area contributed by atoms with Crippen molar-refractivity contribution in [3.63, 3.8) is 0 Å². The second-order valence-corrected chi connectivity index (χ2v) is 15.7. The standard InChI is InChI=1S/C36H67N5O9/c1-11-27-36(8,47)31(44)25(6)41(16-12-13-37-19-28-38-14-15-39-28)20-21(2)18-35(7,46)32(23(4)29(42)24(5)33(45)49-27)50-34-30(43)26(40(9)10)17-22(3)48-34/h14-15,21-27,29-32,34,37,42-44,46-47H,11-13,16-20H2,1-10H3,(H,38,39)/t21-,22-,23+,24-,25+,26+,27+,29+,30-,31-,32-,34+,35-,36-/m1/s1. The van der Waals surface area contributed by atoms with Crippen molar-refractivity contribution in [3.8, 4) is 0 Å². The van der Waals surface area contributed by atoms with E-state index in [4.69, 9.17) is 14.2 Å². The molecule has 0 aromatic carbocycles. The monoisotopic (exact) mass is 713 g/mol. The Balaban J connectivity index is 1.96. The van der Waals surface area contributed by atoms with Gasteiger partial charge >= 0.3 is 5.97 Å². The molecule has 14 nitrogen and oxygen atoms in total. The molecule has 0 saturated carbocycles. The topological polar surface area (TPSA) is 193 Å². The average Bonchev–Trinajstić information content (AvgIpc) is 3.57. The highest BCUT2D eigenvalue weighted by atomic mass is 16.7. The van der Waals surface area contributed by atoms with Crippen LogP contribution in [0.25, 0.3) is 0 Å². The van der Waals surface area contributed by atoms with E-state index in [1.165, 1.54) is 13.8 Å². The average molecular weight is 714 g/mol. The first-order chi connectivity index (χ1) is 23.3. The van der Waals surface area contributed by atoms with Gasteiger partial charge in [0.2, 0.25) is 0 Å². The fourth-order valence-electron chi connectivity index (χ4n) is 7.91. The summed E-state index contributed by atoms with van der Waals surface area (Å²) < 4.78 is 18.4. The van der Waals surface area contributed by atoms with Crippen molar-refractivity contribution < 1.29 is 44.5 Å². The molecule has 2 aliphatic rings. The zero-order valence-corrected chi connectivity index (χ0v) is 32.0. The molecule has 14 heteroatoms. The number of ether oxygens (including phenoxy) is 3. The molecule has 7 N–H and O–H groups in total. The number of aliphatic hydroxyl groups excluding tert-OH is 3. The Hall–Kier alpha value is -1.72. The molecule has 50 heavy (non-hydrogen) atoms. The maximum Gasteiger partial charge on any atom is 0.311 e. The maximum absolute atomic E-state index is 13.6. The molecule has 0 amide bonds. The normalized spacial score (nSPS) is 41.8. The molecule has 290 valence electrons. The first-order valence-corrected chi connectivity index (χ1v) is 18.4. The second kappa shape index (κ2) is 18.4. The van der Waals surface area contributed by atoms with E-state index in [2.05, 4.69) is 20.2 Å². The predicted octanol–water partition coefficient (Wildman–Crippen LogP) is 1.25. The van der Waals surface area contributed by atoms with Gasteiger partial charge in [-0.1, -0.05) is 20.8 Å².